The Morgan fingerprint density at radius 3 is 2.57 bits per heavy atom. The van der Waals surface area contributed by atoms with E-state index in [4.69, 9.17) is 9.47 Å². The van der Waals surface area contributed by atoms with E-state index in [1.165, 1.54) is 0 Å². The quantitative estimate of drug-likeness (QED) is 0.734. The van der Waals surface area contributed by atoms with Gasteiger partial charge in [-0.25, -0.2) is 4.79 Å². The van der Waals surface area contributed by atoms with Crippen molar-refractivity contribution in [3.05, 3.63) is 54.4 Å². The molecule has 6 heteroatoms. The molecule has 2 rings (SSSR count). The number of benzene rings is 1. The van der Waals surface area contributed by atoms with Crippen LogP contribution >= 0.6 is 0 Å². The highest BCUT2D eigenvalue weighted by Gasteiger charge is 2.01. The topological polar surface area (TPSA) is 72.5 Å². The highest BCUT2D eigenvalue weighted by molar-refractivity contribution is 5.73. The lowest BCUT2D eigenvalue weighted by Gasteiger charge is -2.10. The molecule has 0 saturated heterocycles. The third-order valence-electron chi connectivity index (χ3n) is 2.98. The van der Waals surface area contributed by atoms with E-state index in [-0.39, 0.29) is 6.03 Å². The summed E-state index contributed by atoms with van der Waals surface area (Å²) in [5.41, 5.74) is 0.999. The zero-order chi connectivity index (χ0) is 16.3. The Morgan fingerprint density at radius 2 is 1.83 bits per heavy atom. The van der Waals surface area contributed by atoms with Crippen LogP contribution in [0.3, 0.4) is 0 Å². The van der Waals surface area contributed by atoms with Gasteiger partial charge in [0, 0.05) is 25.0 Å². The Bertz CT molecular complexity index is 605. The van der Waals surface area contributed by atoms with Gasteiger partial charge in [-0.3, -0.25) is 4.98 Å². The normalized spacial score (nSPS) is 9.96. The maximum absolute atomic E-state index is 11.7. The molecule has 6 nitrogen and oxygen atoms in total. The number of urea groups is 1. The number of hydrogen-bond donors (Lipinski definition) is 2. The van der Waals surface area contributed by atoms with Crippen LogP contribution in [0.1, 0.15) is 12.5 Å². The Kier molecular flexibility index (Phi) is 6.71. The zero-order valence-electron chi connectivity index (χ0n) is 13.1. The summed E-state index contributed by atoms with van der Waals surface area (Å²) < 4.78 is 11.0. The number of amides is 2. The number of carbonyl (C=O) groups excluding carboxylic acids is 1. The molecule has 2 aromatic rings. The molecule has 2 N–H and O–H groups in total. The second-order valence-electron chi connectivity index (χ2n) is 4.72. The molecule has 0 atom stereocenters. The lowest BCUT2D eigenvalue weighted by Crippen LogP contribution is -2.37. The van der Waals surface area contributed by atoms with E-state index in [0.29, 0.717) is 26.3 Å². The molecule has 2 amide bonds. The van der Waals surface area contributed by atoms with Crippen molar-refractivity contribution < 1.29 is 14.3 Å². The molecule has 1 aromatic carbocycles. The standard InChI is InChI=1S/C17H21N3O3/c1-2-22-15-4-3-5-16(12-15)23-11-10-19-17(21)20-13-14-6-8-18-9-7-14/h3-9,12H,2,10-11,13H2,1H3,(H2,19,20,21). The maximum Gasteiger partial charge on any atom is 0.315 e. The molecule has 0 unspecified atom stereocenters. The van der Waals surface area contributed by atoms with E-state index < -0.39 is 0 Å². The highest BCUT2D eigenvalue weighted by atomic mass is 16.5. The summed E-state index contributed by atoms with van der Waals surface area (Å²) in [4.78, 5) is 15.6. The van der Waals surface area contributed by atoms with E-state index in [2.05, 4.69) is 15.6 Å². The number of pyridine rings is 1. The lowest BCUT2D eigenvalue weighted by molar-refractivity contribution is 0.236. The Morgan fingerprint density at radius 1 is 1.09 bits per heavy atom. The van der Waals surface area contributed by atoms with Gasteiger partial charge in [0.25, 0.3) is 0 Å². The lowest BCUT2D eigenvalue weighted by atomic mass is 10.3. The summed E-state index contributed by atoms with van der Waals surface area (Å²) in [5, 5.41) is 5.51. The van der Waals surface area contributed by atoms with E-state index in [1.54, 1.807) is 12.4 Å². The van der Waals surface area contributed by atoms with Crippen molar-refractivity contribution in [3.8, 4) is 11.5 Å². The minimum atomic E-state index is -0.228. The van der Waals surface area contributed by atoms with Crippen LogP contribution in [0.5, 0.6) is 11.5 Å². The molecule has 23 heavy (non-hydrogen) atoms. The van der Waals surface area contributed by atoms with Crippen molar-refractivity contribution >= 4 is 6.03 Å². The van der Waals surface area contributed by atoms with Crippen molar-refractivity contribution in [3.63, 3.8) is 0 Å². The second kappa shape index (κ2) is 9.30. The van der Waals surface area contributed by atoms with E-state index in [0.717, 1.165) is 17.1 Å². The van der Waals surface area contributed by atoms with Gasteiger partial charge >= 0.3 is 6.03 Å². The smallest absolute Gasteiger partial charge is 0.315 e. The summed E-state index contributed by atoms with van der Waals surface area (Å²) >= 11 is 0. The minimum absolute atomic E-state index is 0.228. The van der Waals surface area contributed by atoms with Crippen LogP contribution in [0.2, 0.25) is 0 Å². The van der Waals surface area contributed by atoms with Crippen molar-refractivity contribution in [2.24, 2.45) is 0 Å². The van der Waals surface area contributed by atoms with Crippen molar-refractivity contribution in [2.75, 3.05) is 19.8 Å². The van der Waals surface area contributed by atoms with Gasteiger partial charge in [-0.1, -0.05) is 6.07 Å². The second-order valence-corrected chi connectivity index (χ2v) is 4.72. The molecular weight excluding hydrogens is 294 g/mol. The third kappa shape index (κ3) is 6.25. The van der Waals surface area contributed by atoms with Crippen LogP contribution in [0.15, 0.2) is 48.8 Å². The van der Waals surface area contributed by atoms with Gasteiger partial charge in [-0.05, 0) is 36.8 Å². The molecule has 0 aliphatic rings. The Balaban J connectivity index is 1.63. The largest absolute Gasteiger partial charge is 0.494 e. The van der Waals surface area contributed by atoms with Gasteiger partial charge in [-0.15, -0.1) is 0 Å². The summed E-state index contributed by atoms with van der Waals surface area (Å²) in [6, 6.07) is 10.9. The van der Waals surface area contributed by atoms with Gasteiger partial charge in [0.05, 0.1) is 13.2 Å². The first-order valence-electron chi connectivity index (χ1n) is 7.54. The molecule has 0 aliphatic heterocycles. The summed E-state index contributed by atoms with van der Waals surface area (Å²) in [5.74, 6) is 1.49. The van der Waals surface area contributed by atoms with E-state index >= 15 is 0 Å². The molecule has 0 saturated carbocycles. The van der Waals surface area contributed by atoms with Crippen LogP contribution in [-0.4, -0.2) is 30.8 Å². The van der Waals surface area contributed by atoms with Gasteiger partial charge in [0.2, 0.25) is 0 Å². The van der Waals surface area contributed by atoms with Crippen LogP contribution in [-0.2, 0) is 6.54 Å². The molecule has 0 aliphatic carbocycles. The molecule has 1 heterocycles. The number of nitrogens with one attached hydrogen (secondary N) is 2. The molecule has 0 bridgehead atoms. The first-order valence-corrected chi connectivity index (χ1v) is 7.54. The maximum atomic E-state index is 11.7. The predicted octanol–water partition coefficient (Wildman–Crippen LogP) is 2.36. The Hall–Kier alpha value is -2.76. The monoisotopic (exact) mass is 315 g/mol. The Labute approximate surface area is 135 Å². The molecule has 0 spiro atoms. The fourth-order valence-electron chi connectivity index (χ4n) is 1.90. The number of ether oxygens (including phenoxy) is 2. The van der Waals surface area contributed by atoms with Crippen molar-refractivity contribution in [1.82, 2.24) is 15.6 Å². The number of carbonyl (C=O) groups is 1. The van der Waals surface area contributed by atoms with Crippen LogP contribution < -0.4 is 20.1 Å². The number of nitrogens with zero attached hydrogens (tertiary/aromatic N) is 1. The fraction of sp³-hybridized carbons (Fsp3) is 0.294. The minimum Gasteiger partial charge on any atom is -0.494 e. The summed E-state index contributed by atoms with van der Waals surface area (Å²) in [7, 11) is 0. The first kappa shape index (κ1) is 16.6. The molecule has 1 aromatic heterocycles. The van der Waals surface area contributed by atoms with E-state index in [1.807, 2.05) is 43.3 Å². The number of aromatic nitrogens is 1. The zero-order valence-corrected chi connectivity index (χ0v) is 13.1. The molecule has 0 radical (unpaired) electrons. The van der Waals surface area contributed by atoms with Gasteiger partial charge in [0.1, 0.15) is 18.1 Å². The number of hydrogen-bond acceptors (Lipinski definition) is 4. The number of rotatable bonds is 8. The van der Waals surface area contributed by atoms with Gasteiger partial charge < -0.3 is 20.1 Å². The van der Waals surface area contributed by atoms with Crippen molar-refractivity contribution in [1.29, 1.82) is 0 Å². The van der Waals surface area contributed by atoms with E-state index in [9.17, 15) is 4.79 Å². The summed E-state index contributed by atoms with van der Waals surface area (Å²) in [6.07, 6.45) is 3.39. The fourth-order valence-corrected chi connectivity index (χ4v) is 1.90. The van der Waals surface area contributed by atoms with Crippen LogP contribution in [0.4, 0.5) is 4.79 Å². The SMILES string of the molecule is CCOc1cccc(OCCNC(=O)NCc2ccncc2)c1. The molecule has 0 fully saturated rings. The highest BCUT2D eigenvalue weighted by Crippen LogP contribution is 2.18. The summed E-state index contributed by atoms with van der Waals surface area (Å²) in [6.45, 7) is 3.82. The van der Waals surface area contributed by atoms with Crippen LogP contribution in [0.25, 0.3) is 0 Å². The predicted molar refractivity (Wildman–Crippen MR) is 87.6 cm³/mol. The van der Waals surface area contributed by atoms with Crippen LogP contribution in [0, 0.1) is 0 Å². The molecular formula is C17H21N3O3. The average molecular weight is 315 g/mol. The van der Waals surface area contributed by atoms with Crippen molar-refractivity contribution in [2.45, 2.75) is 13.5 Å². The van der Waals surface area contributed by atoms with Gasteiger partial charge in [-0.2, -0.15) is 0 Å². The first-order chi connectivity index (χ1) is 11.3. The molecule has 122 valence electrons. The van der Waals surface area contributed by atoms with Gasteiger partial charge in [0.15, 0.2) is 0 Å². The third-order valence-corrected chi connectivity index (χ3v) is 2.98. The average Bonchev–Trinajstić information content (AvgIpc) is 2.58.